The van der Waals surface area contributed by atoms with Crippen LogP contribution >= 0.6 is 11.3 Å². The Morgan fingerprint density at radius 2 is 2.44 bits per heavy atom. The molecular weight excluding hydrogens is 220 g/mol. The summed E-state index contributed by atoms with van der Waals surface area (Å²) in [6, 6.07) is 4.27. The SMILES string of the molecule is CCN1CCOC(C(N)c2ccc(C)s2)C1. The van der Waals surface area contributed by atoms with Crippen LogP contribution in [0.5, 0.6) is 0 Å². The maximum atomic E-state index is 6.26. The van der Waals surface area contributed by atoms with Gasteiger partial charge < -0.3 is 10.5 Å². The Morgan fingerprint density at radius 1 is 1.62 bits per heavy atom. The van der Waals surface area contributed by atoms with Gasteiger partial charge in [-0.2, -0.15) is 0 Å². The van der Waals surface area contributed by atoms with Crippen LogP contribution in [0.4, 0.5) is 0 Å². The third-order valence-electron chi connectivity index (χ3n) is 3.12. The largest absolute Gasteiger partial charge is 0.374 e. The smallest absolute Gasteiger partial charge is 0.0902 e. The molecule has 1 saturated heterocycles. The second-order valence-corrected chi connectivity index (χ2v) is 5.60. The molecule has 1 fully saturated rings. The maximum absolute atomic E-state index is 6.26. The summed E-state index contributed by atoms with van der Waals surface area (Å²) in [5.41, 5.74) is 6.26. The van der Waals surface area contributed by atoms with Gasteiger partial charge >= 0.3 is 0 Å². The van der Waals surface area contributed by atoms with Gasteiger partial charge in [-0.15, -0.1) is 11.3 Å². The number of rotatable bonds is 3. The molecule has 2 heterocycles. The van der Waals surface area contributed by atoms with E-state index in [0.717, 1.165) is 26.2 Å². The number of hydrogen-bond acceptors (Lipinski definition) is 4. The minimum Gasteiger partial charge on any atom is -0.374 e. The van der Waals surface area contributed by atoms with Crippen molar-refractivity contribution in [2.45, 2.75) is 26.0 Å². The van der Waals surface area contributed by atoms with Gasteiger partial charge in [-0.25, -0.2) is 0 Å². The van der Waals surface area contributed by atoms with Crippen LogP contribution < -0.4 is 5.73 Å². The highest BCUT2D eigenvalue weighted by Crippen LogP contribution is 2.26. The van der Waals surface area contributed by atoms with Crippen LogP contribution in [-0.2, 0) is 4.74 Å². The molecule has 1 aromatic heterocycles. The number of morpholine rings is 1. The number of thiophene rings is 1. The van der Waals surface area contributed by atoms with Gasteiger partial charge in [-0.05, 0) is 25.6 Å². The van der Waals surface area contributed by atoms with E-state index < -0.39 is 0 Å². The van der Waals surface area contributed by atoms with Gasteiger partial charge in [0.1, 0.15) is 0 Å². The van der Waals surface area contributed by atoms with Gasteiger partial charge in [0.05, 0.1) is 18.8 Å². The first-order chi connectivity index (χ1) is 7.70. The van der Waals surface area contributed by atoms with E-state index in [-0.39, 0.29) is 12.1 Å². The summed E-state index contributed by atoms with van der Waals surface area (Å²) in [5.74, 6) is 0. The molecule has 2 atom stereocenters. The van der Waals surface area contributed by atoms with Crippen LogP contribution in [0, 0.1) is 6.92 Å². The predicted molar refractivity (Wildman–Crippen MR) is 67.8 cm³/mol. The number of nitrogens with two attached hydrogens (primary N) is 1. The molecule has 0 bridgehead atoms. The van der Waals surface area contributed by atoms with Gasteiger partial charge in [0.15, 0.2) is 0 Å². The first-order valence-corrected chi connectivity index (χ1v) is 6.68. The summed E-state index contributed by atoms with van der Waals surface area (Å²) in [5, 5.41) is 0. The summed E-state index contributed by atoms with van der Waals surface area (Å²) >= 11 is 1.77. The van der Waals surface area contributed by atoms with E-state index in [4.69, 9.17) is 10.5 Å². The van der Waals surface area contributed by atoms with E-state index in [1.165, 1.54) is 9.75 Å². The molecule has 0 aliphatic carbocycles. The van der Waals surface area contributed by atoms with Crippen LogP contribution in [0.25, 0.3) is 0 Å². The minimum atomic E-state index is 0.0213. The highest BCUT2D eigenvalue weighted by molar-refractivity contribution is 7.12. The van der Waals surface area contributed by atoms with Crippen molar-refractivity contribution in [3.8, 4) is 0 Å². The molecule has 1 aromatic rings. The molecular formula is C12H20N2OS. The molecule has 2 N–H and O–H groups in total. The minimum absolute atomic E-state index is 0.0213. The van der Waals surface area contributed by atoms with Gasteiger partial charge in [-0.1, -0.05) is 6.92 Å². The van der Waals surface area contributed by atoms with Crippen molar-refractivity contribution >= 4 is 11.3 Å². The Balaban J connectivity index is 2.01. The molecule has 0 spiro atoms. The zero-order chi connectivity index (χ0) is 11.5. The third-order valence-corrected chi connectivity index (χ3v) is 4.22. The van der Waals surface area contributed by atoms with Gasteiger partial charge in [0, 0.05) is 22.8 Å². The molecule has 0 amide bonds. The molecule has 4 heteroatoms. The third kappa shape index (κ3) is 2.63. The summed E-state index contributed by atoms with van der Waals surface area (Å²) in [6.07, 6.45) is 0.145. The zero-order valence-electron chi connectivity index (χ0n) is 9.98. The van der Waals surface area contributed by atoms with E-state index in [1.807, 2.05) is 0 Å². The number of likely N-dealkylation sites (N-methyl/N-ethyl adjacent to an activating group) is 1. The van der Waals surface area contributed by atoms with Crippen LogP contribution in [-0.4, -0.2) is 37.2 Å². The first-order valence-electron chi connectivity index (χ1n) is 5.86. The van der Waals surface area contributed by atoms with E-state index in [9.17, 15) is 0 Å². The van der Waals surface area contributed by atoms with Crippen molar-refractivity contribution in [3.05, 3.63) is 21.9 Å². The lowest BCUT2D eigenvalue weighted by atomic mass is 10.1. The normalized spacial score (nSPS) is 24.6. The van der Waals surface area contributed by atoms with Crippen LogP contribution in [0.1, 0.15) is 22.7 Å². The number of aryl methyl sites for hydroxylation is 1. The Labute approximate surface area is 101 Å². The summed E-state index contributed by atoms with van der Waals surface area (Å²) < 4.78 is 5.78. The Morgan fingerprint density at radius 3 is 3.06 bits per heavy atom. The van der Waals surface area contributed by atoms with Crippen molar-refractivity contribution in [2.24, 2.45) is 5.73 Å². The maximum Gasteiger partial charge on any atom is 0.0902 e. The molecule has 16 heavy (non-hydrogen) atoms. The molecule has 2 rings (SSSR count). The van der Waals surface area contributed by atoms with E-state index in [2.05, 4.69) is 30.9 Å². The lowest BCUT2D eigenvalue weighted by molar-refractivity contribution is -0.0387. The first kappa shape index (κ1) is 12.0. The van der Waals surface area contributed by atoms with Crippen LogP contribution in [0.15, 0.2) is 12.1 Å². The predicted octanol–water partition coefficient (Wildman–Crippen LogP) is 1.78. The molecule has 90 valence electrons. The van der Waals surface area contributed by atoms with Crippen molar-refractivity contribution in [2.75, 3.05) is 26.2 Å². The standard InChI is InChI=1S/C12H20N2OS/c1-3-14-6-7-15-10(8-14)12(13)11-5-4-9(2)16-11/h4-5,10,12H,3,6-8,13H2,1-2H3. The molecule has 1 aliphatic rings. The van der Waals surface area contributed by atoms with E-state index >= 15 is 0 Å². The fraction of sp³-hybridized carbons (Fsp3) is 0.667. The van der Waals surface area contributed by atoms with Crippen LogP contribution in [0.3, 0.4) is 0 Å². The Hall–Kier alpha value is -0.420. The average Bonchev–Trinajstić information content (AvgIpc) is 2.75. The quantitative estimate of drug-likeness (QED) is 0.875. The molecule has 0 saturated carbocycles. The van der Waals surface area contributed by atoms with E-state index in [1.54, 1.807) is 11.3 Å². The Kier molecular flexibility index (Phi) is 3.97. The average molecular weight is 240 g/mol. The van der Waals surface area contributed by atoms with Gasteiger partial charge in [0.25, 0.3) is 0 Å². The number of ether oxygens (including phenoxy) is 1. The summed E-state index contributed by atoms with van der Waals surface area (Å²) in [7, 11) is 0. The second kappa shape index (κ2) is 5.27. The van der Waals surface area contributed by atoms with Gasteiger partial charge in [-0.3, -0.25) is 4.90 Å². The van der Waals surface area contributed by atoms with Gasteiger partial charge in [0.2, 0.25) is 0 Å². The molecule has 1 aliphatic heterocycles. The molecule has 2 unspecified atom stereocenters. The Bertz CT molecular complexity index is 340. The number of hydrogen-bond donors (Lipinski definition) is 1. The molecule has 0 radical (unpaired) electrons. The van der Waals surface area contributed by atoms with E-state index in [0.29, 0.717) is 0 Å². The summed E-state index contributed by atoms with van der Waals surface area (Å²) in [6.45, 7) is 8.16. The fourth-order valence-electron chi connectivity index (χ4n) is 2.05. The molecule has 3 nitrogen and oxygen atoms in total. The highest BCUT2D eigenvalue weighted by atomic mass is 32.1. The van der Waals surface area contributed by atoms with Crippen molar-refractivity contribution < 1.29 is 4.74 Å². The van der Waals surface area contributed by atoms with Crippen molar-refractivity contribution in [1.29, 1.82) is 0 Å². The van der Waals surface area contributed by atoms with Crippen molar-refractivity contribution in [1.82, 2.24) is 4.90 Å². The highest BCUT2D eigenvalue weighted by Gasteiger charge is 2.26. The zero-order valence-corrected chi connectivity index (χ0v) is 10.8. The lowest BCUT2D eigenvalue weighted by Crippen LogP contribution is -2.46. The number of nitrogens with zero attached hydrogens (tertiary/aromatic N) is 1. The monoisotopic (exact) mass is 240 g/mol. The molecule has 0 aromatic carbocycles. The van der Waals surface area contributed by atoms with Crippen molar-refractivity contribution in [3.63, 3.8) is 0 Å². The fourth-order valence-corrected chi connectivity index (χ4v) is 2.98. The topological polar surface area (TPSA) is 38.5 Å². The summed E-state index contributed by atoms with van der Waals surface area (Å²) in [4.78, 5) is 4.95. The lowest BCUT2D eigenvalue weighted by Gasteiger charge is -2.34. The van der Waals surface area contributed by atoms with Crippen LogP contribution in [0.2, 0.25) is 0 Å². The second-order valence-electron chi connectivity index (χ2n) is 4.28.